The quantitative estimate of drug-likeness (QED) is 0.0195. The molecule has 0 aromatic carbocycles. The second kappa shape index (κ2) is 52.3. The fourth-order valence-corrected chi connectivity index (χ4v) is 9.72. The molecule has 0 bridgehead atoms. The number of ether oxygens (including phenoxy) is 3. The maximum atomic E-state index is 13.4. The van der Waals surface area contributed by atoms with E-state index in [-0.39, 0.29) is 13.0 Å². The van der Waals surface area contributed by atoms with E-state index in [0.29, 0.717) is 19.3 Å². The molecule has 1 heterocycles. The molecule has 1 saturated heterocycles. The van der Waals surface area contributed by atoms with E-state index < -0.39 is 67.4 Å². The molecule has 75 heavy (non-hydrogen) atoms. The molecule has 11 nitrogen and oxygen atoms in total. The third-order valence-electron chi connectivity index (χ3n) is 14.7. The number of aliphatic hydroxyl groups excluding tert-OH is 5. The van der Waals surface area contributed by atoms with Crippen LogP contribution in [-0.2, 0) is 23.8 Å². The molecule has 0 aromatic rings. The van der Waals surface area contributed by atoms with Crippen molar-refractivity contribution in [3.63, 3.8) is 0 Å². The van der Waals surface area contributed by atoms with Crippen LogP contribution in [0.3, 0.4) is 0 Å². The molecule has 11 heteroatoms. The van der Waals surface area contributed by atoms with Crippen LogP contribution in [0.1, 0.15) is 284 Å². The van der Waals surface area contributed by atoms with Gasteiger partial charge in [-0.1, -0.05) is 262 Å². The van der Waals surface area contributed by atoms with Crippen molar-refractivity contribution in [2.24, 2.45) is 0 Å². The van der Waals surface area contributed by atoms with Crippen LogP contribution in [0.5, 0.6) is 0 Å². The van der Waals surface area contributed by atoms with E-state index >= 15 is 0 Å². The average Bonchev–Trinajstić information content (AvgIpc) is 3.41. The van der Waals surface area contributed by atoms with Crippen molar-refractivity contribution in [3.05, 3.63) is 48.6 Å². The summed E-state index contributed by atoms with van der Waals surface area (Å²) < 4.78 is 17.6. The van der Waals surface area contributed by atoms with Crippen molar-refractivity contribution >= 4 is 11.9 Å². The van der Waals surface area contributed by atoms with Crippen molar-refractivity contribution in [2.75, 3.05) is 13.2 Å². The van der Waals surface area contributed by atoms with Crippen LogP contribution >= 0.6 is 0 Å². The molecular weight excluding hydrogens is 943 g/mol. The number of carbonyl (C=O) groups excluding carboxylic acids is 2. The van der Waals surface area contributed by atoms with Crippen LogP contribution in [0, 0.1) is 0 Å². The summed E-state index contributed by atoms with van der Waals surface area (Å²) in [6.45, 7) is 5.77. The molecule has 6 N–H and O–H groups in total. The first-order valence-corrected chi connectivity index (χ1v) is 31.4. The maximum absolute atomic E-state index is 13.4. The largest absolute Gasteiger partial charge is 0.454 e. The third-order valence-corrected chi connectivity index (χ3v) is 14.7. The number of rotatable bonds is 53. The van der Waals surface area contributed by atoms with Gasteiger partial charge in [0.05, 0.1) is 25.4 Å². The molecule has 8 unspecified atom stereocenters. The standard InChI is InChI=1S/C64H117NO10/c1-4-7-10-13-16-19-22-25-26-27-28-29-30-31-32-34-37-40-43-46-49-52-59(69)75-62-61(71)60(70)58(53-66)74-64(62)73-54-55(56(67)50-47-44-41-38-35-24-21-18-15-12-9-6-3)65-63(72)57(68)51-48-45-42-39-36-33-23-20-17-14-11-8-5-2/h16,19,25-26,28-29,47,50,55-58,60-62,64,66-68,70-71H,4-15,17-18,20-24,27,30-46,48-49,51-54H2,1-3H3,(H,65,72)/b19-16-,26-25-,29-28-,50-47+. The molecule has 1 fully saturated rings. The minimum absolute atomic E-state index is 0.116. The lowest BCUT2D eigenvalue weighted by molar-refractivity contribution is -0.305. The van der Waals surface area contributed by atoms with Gasteiger partial charge in [0, 0.05) is 6.42 Å². The normalized spacial score (nSPS) is 19.5. The lowest BCUT2D eigenvalue weighted by Crippen LogP contribution is -2.61. The molecule has 0 saturated carbocycles. The van der Waals surface area contributed by atoms with Crippen LogP contribution in [0.4, 0.5) is 0 Å². The van der Waals surface area contributed by atoms with Gasteiger partial charge in [-0.3, -0.25) is 9.59 Å². The number of aliphatic hydroxyl groups is 5. The van der Waals surface area contributed by atoms with E-state index in [1.165, 1.54) is 154 Å². The monoisotopic (exact) mass is 1060 g/mol. The molecule has 0 aromatic heterocycles. The predicted molar refractivity (Wildman–Crippen MR) is 310 cm³/mol. The van der Waals surface area contributed by atoms with Gasteiger partial charge in [-0.15, -0.1) is 0 Å². The second-order valence-corrected chi connectivity index (χ2v) is 21.8. The van der Waals surface area contributed by atoms with Crippen LogP contribution in [0.15, 0.2) is 48.6 Å². The maximum Gasteiger partial charge on any atom is 0.306 e. The van der Waals surface area contributed by atoms with Crippen molar-refractivity contribution in [1.29, 1.82) is 0 Å². The van der Waals surface area contributed by atoms with E-state index in [1.807, 2.05) is 6.08 Å². The predicted octanol–water partition coefficient (Wildman–Crippen LogP) is 14.8. The SMILES string of the molecule is CCCCC/C=C\C/C=C\C/C=C\CCCCCCCCCCC(=O)OC1C(OCC(NC(=O)C(O)CCCCCCCCCCCCCCC)C(O)/C=C/CCCCCCCCCCCC)OC(CO)C(O)C1O. The van der Waals surface area contributed by atoms with Gasteiger partial charge in [-0.2, -0.15) is 0 Å². The summed E-state index contributed by atoms with van der Waals surface area (Å²) in [5, 5.41) is 56.9. The fraction of sp³-hybridized carbons (Fsp3) is 0.844. The molecule has 1 rings (SSSR count). The van der Waals surface area contributed by atoms with Crippen LogP contribution < -0.4 is 5.32 Å². The number of esters is 1. The molecule has 0 radical (unpaired) electrons. The van der Waals surface area contributed by atoms with Crippen LogP contribution in [0.2, 0.25) is 0 Å². The number of nitrogens with one attached hydrogen (secondary N) is 1. The summed E-state index contributed by atoms with van der Waals surface area (Å²) in [5.41, 5.74) is 0. The molecule has 1 aliphatic heterocycles. The Kier molecular flexibility index (Phi) is 49.3. The number of carbonyl (C=O) groups is 2. The lowest BCUT2D eigenvalue weighted by atomic mass is 9.99. The minimum Gasteiger partial charge on any atom is -0.454 e. The van der Waals surface area contributed by atoms with E-state index in [2.05, 4.69) is 62.5 Å². The topological polar surface area (TPSA) is 175 Å². The van der Waals surface area contributed by atoms with Gasteiger partial charge in [0.1, 0.15) is 24.4 Å². The number of amides is 1. The van der Waals surface area contributed by atoms with Gasteiger partial charge in [0.25, 0.3) is 0 Å². The van der Waals surface area contributed by atoms with Gasteiger partial charge in [0.2, 0.25) is 5.91 Å². The third kappa shape index (κ3) is 40.5. The number of hydrogen-bond acceptors (Lipinski definition) is 10. The first kappa shape index (κ1) is 70.6. The lowest BCUT2D eigenvalue weighted by Gasteiger charge is -2.41. The highest BCUT2D eigenvalue weighted by atomic mass is 16.7. The zero-order chi connectivity index (χ0) is 54.7. The number of allylic oxidation sites excluding steroid dienone is 7. The van der Waals surface area contributed by atoms with Crippen molar-refractivity contribution < 1.29 is 49.3 Å². The first-order chi connectivity index (χ1) is 36.7. The first-order valence-electron chi connectivity index (χ1n) is 31.4. The molecular formula is C64H117NO10. The average molecular weight is 1060 g/mol. The van der Waals surface area contributed by atoms with Crippen molar-refractivity contribution in [2.45, 2.75) is 333 Å². The highest BCUT2D eigenvalue weighted by Crippen LogP contribution is 2.26. The molecule has 1 amide bonds. The zero-order valence-electron chi connectivity index (χ0n) is 48.4. The molecule has 0 aliphatic carbocycles. The molecule has 8 atom stereocenters. The number of hydrogen-bond donors (Lipinski definition) is 6. The van der Waals surface area contributed by atoms with Crippen molar-refractivity contribution in [1.82, 2.24) is 5.32 Å². The van der Waals surface area contributed by atoms with E-state index in [1.54, 1.807) is 6.08 Å². The smallest absolute Gasteiger partial charge is 0.306 e. The van der Waals surface area contributed by atoms with Gasteiger partial charge >= 0.3 is 5.97 Å². The Morgan fingerprint density at radius 1 is 0.520 bits per heavy atom. The van der Waals surface area contributed by atoms with E-state index in [0.717, 1.165) is 83.5 Å². The summed E-state index contributed by atoms with van der Waals surface area (Å²) >= 11 is 0. The van der Waals surface area contributed by atoms with E-state index in [9.17, 15) is 35.1 Å². The number of unbranched alkanes of at least 4 members (excludes halogenated alkanes) is 33. The Labute approximate surface area is 459 Å². The molecule has 438 valence electrons. The Bertz CT molecular complexity index is 1400. The summed E-state index contributed by atoms with van der Waals surface area (Å²) in [4.78, 5) is 26.5. The Balaban J connectivity index is 2.65. The zero-order valence-corrected chi connectivity index (χ0v) is 48.4. The summed E-state index contributed by atoms with van der Waals surface area (Å²) in [5.74, 6) is -1.19. The Morgan fingerprint density at radius 3 is 1.40 bits per heavy atom. The second-order valence-electron chi connectivity index (χ2n) is 21.8. The molecule has 0 spiro atoms. The Hall–Kier alpha value is -2.38. The van der Waals surface area contributed by atoms with Gasteiger partial charge in [-0.05, 0) is 64.2 Å². The van der Waals surface area contributed by atoms with Gasteiger partial charge in [0.15, 0.2) is 12.4 Å². The van der Waals surface area contributed by atoms with Gasteiger partial charge < -0.3 is 45.1 Å². The highest BCUT2D eigenvalue weighted by Gasteiger charge is 2.47. The minimum atomic E-state index is -1.62. The van der Waals surface area contributed by atoms with Crippen LogP contribution in [-0.4, -0.2) is 99.6 Å². The highest BCUT2D eigenvalue weighted by molar-refractivity contribution is 5.80. The van der Waals surface area contributed by atoms with E-state index in [4.69, 9.17) is 14.2 Å². The summed E-state index contributed by atoms with van der Waals surface area (Å²) in [7, 11) is 0. The summed E-state index contributed by atoms with van der Waals surface area (Å²) in [6.07, 6.45) is 52.9. The van der Waals surface area contributed by atoms with Crippen molar-refractivity contribution in [3.8, 4) is 0 Å². The van der Waals surface area contributed by atoms with Crippen LogP contribution in [0.25, 0.3) is 0 Å². The molecule has 1 aliphatic rings. The summed E-state index contributed by atoms with van der Waals surface area (Å²) in [6, 6.07) is -1.02. The fourth-order valence-electron chi connectivity index (χ4n) is 9.72. The Morgan fingerprint density at radius 2 is 0.920 bits per heavy atom. The van der Waals surface area contributed by atoms with Gasteiger partial charge in [-0.25, -0.2) is 0 Å².